The van der Waals surface area contributed by atoms with Crippen molar-refractivity contribution in [2.24, 2.45) is 0 Å². The lowest BCUT2D eigenvalue weighted by Gasteiger charge is -2.19. The summed E-state index contributed by atoms with van der Waals surface area (Å²) in [4.78, 5) is 2.57. The highest BCUT2D eigenvalue weighted by Gasteiger charge is 2.23. The first-order valence-corrected chi connectivity index (χ1v) is 19.3. The Bertz CT molecular complexity index is 3080. The molecule has 54 heavy (non-hydrogen) atoms. The number of fused-ring (bicyclic) bond motifs is 6. The van der Waals surface area contributed by atoms with Crippen LogP contribution in [-0.2, 0) is 0 Å². The van der Waals surface area contributed by atoms with Gasteiger partial charge in [0, 0.05) is 31.7 Å². The molecule has 10 rings (SSSR count). The lowest BCUT2D eigenvalue weighted by atomic mass is 9.85. The Hall–Kier alpha value is -6.48. The fourth-order valence-corrected chi connectivity index (χ4v) is 9.59. The predicted octanol–water partition coefficient (Wildman–Crippen LogP) is 15.6. The second kappa shape index (κ2) is 12.9. The van der Waals surface area contributed by atoms with Gasteiger partial charge in [-0.3, -0.25) is 0 Å². The van der Waals surface area contributed by atoms with Gasteiger partial charge in [0.05, 0.1) is 0 Å². The molecule has 0 aliphatic carbocycles. The summed E-state index contributed by atoms with van der Waals surface area (Å²) in [6.07, 6.45) is 6.12. The Balaban J connectivity index is 1.23. The molecule has 2 heterocycles. The minimum atomic E-state index is 0.884. The average molecular weight is 709 g/mol. The number of aryl methyl sites for hydroxylation is 1. The molecule has 0 saturated carbocycles. The fraction of sp³-hybridized carbons (Fsp3) is 0.0385. The smallest absolute Gasteiger partial charge is 0.143 e. The predicted molar refractivity (Wildman–Crippen MR) is 235 cm³/mol. The topological polar surface area (TPSA) is 13.1 Å². The van der Waals surface area contributed by atoms with E-state index in [0.29, 0.717) is 0 Å². The molecule has 0 amide bonds. The van der Waals surface area contributed by atoms with Gasteiger partial charge in [-0.1, -0.05) is 152 Å². The molecule has 10 aromatic rings. The van der Waals surface area contributed by atoms with Crippen LogP contribution in [-0.4, -0.2) is 0 Å². The van der Waals surface area contributed by atoms with Crippen LogP contribution in [0.2, 0.25) is 0 Å². The number of benzene rings is 8. The second-order valence-corrected chi connectivity index (χ2v) is 15.3. The van der Waals surface area contributed by atoms with Gasteiger partial charge in [-0.2, -0.15) is 0 Å². The third-order valence-electron chi connectivity index (χ3n) is 11.0. The van der Waals surface area contributed by atoms with E-state index in [9.17, 15) is 0 Å². The first kappa shape index (κ1) is 32.2. The van der Waals surface area contributed by atoms with Crippen LogP contribution in [0, 0.1) is 13.8 Å². The van der Waals surface area contributed by atoms with Crippen molar-refractivity contribution >= 4 is 71.7 Å². The molecule has 8 aromatic carbocycles. The Morgan fingerprint density at radius 1 is 0.500 bits per heavy atom. The van der Waals surface area contributed by atoms with Crippen LogP contribution in [0.1, 0.15) is 16.0 Å². The molecule has 1 nitrogen and oxygen atoms in total. The molecule has 0 spiro atoms. The van der Waals surface area contributed by atoms with Crippen LogP contribution in [0.25, 0.3) is 104 Å². The first-order valence-electron chi connectivity index (χ1n) is 18.5. The highest BCUT2D eigenvalue weighted by molar-refractivity contribution is 7.15. The molecule has 0 fully saturated rings. The van der Waals surface area contributed by atoms with Crippen molar-refractivity contribution in [2.75, 3.05) is 0 Å². The van der Waals surface area contributed by atoms with E-state index in [2.05, 4.69) is 178 Å². The van der Waals surface area contributed by atoms with Crippen molar-refractivity contribution in [3.8, 4) is 43.8 Å². The highest BCUT2D eigenvalue weighted by atomic mass is 32.1. The van der Waals surface area contributed by atoms with E-state index in [-0.39, 0.29) is 0 Å². The second-order valence-electron chi connectivity index (χ2n) is 14.0. The summed E-state index contributed by atoms with van der Waals surface area (Å²) in [6, 6.07) is 55.1. The Kier molecular flexibility index (Phi) is 7.68. The highest BCUT2D eigenvalue weighted by Crippen LogP contribution is 2.48. The van der Waals surface area contributed by atoms with Crippen molar-refractivity contribution in [1.82, 2.24) is 0 Å². The summed E-state index contributed by atoms with van der Waals surface area (Å²) < 4.78 is 7.03. The number of thiophene rings is 1. The van der Waals surface area contributed by atoms with Gasteiger partial charge in [-0.05, 0) is 109 Å². The average Bonchev–Trinajstić information content (AvgIpc) is 3.82. The maximum absolute atomic E-state index is 7.03. The van der Waals surface area contributed by atoms with Crippen LogP contribution in [0.5, 0.6) is 0 Å². The Morgan fingerprint density at radius 2 is 1.07 bits per heavy atom. The SMILES string of the molecule is C=C/C=C\c1c(C)c(-c2cccc3c2oc2cc(-c4c5ccccc5c(-c5ccccc5)c5ccccc45)ccc23)c2ccccc2c1-c1ccc(C)s1. The summed E-state index contributed by atoms with van der Waals surface area (Å²) in [7, 11) is 0. The van der Waals surface area contributed by atoms with E-state index in [1.807, 2.05) is 23.5 Å². The lowest BCUT2D eigenvalue weighted by Crippen LogP contribution is -1.95. The van der Waals surface area contributed by atoms with Gasteiger partial charge in [0.2, 0.25) is 0 Å². The molecular weight excluding hydrogens is 673 g/mol. The molecule has 2 aromatic heterocycles. The minimum Gasteiger partial charge on any atom is -0.455 e. The third-order valence-corrected chi connectivity index (χ3v) is 12.0. The van der Waals surface area contributed by atoms with E-state index >= 15 is 0 Å². The number of furan rings is 1. The van der Waals surface area contributed by atoms with Crippen LogP contribution < -0.4 is 0 Å². The standard InChI is InChI=1S/C52H36OS/c1-4-5-18-36-33(3)48(38-19-9-14-24-43(38)51(36)47-30-27-32(2)54-47)45-26-15-25-44-37-29-28-35(31-46(37)53-52(44)45)50-41-22-12-10-20-39(41)49(34-16-7-6-8-17-34)40-21-11-13-23-42(40)50/h4-31H,1H2,2-3H3/b18-5-. The molecule has 0 saturated heterocycles. The van der Waals surface area contributed by atoms with E-state index in [0.717, 1.165) is 33.1 Å². The summed E-state index contributed by atoms with van der Waals surface area (Å²) in [5.74, 6) is 0. The van der Waals surface area contributed by atoms with Gasteiger partial charge in [-0.15, -0.1) is 11.3 Å². The number of hydrogen-bond donors (Lipinski definition) is 0. The third kappa shape index (κ3) is 4.99. The van der Waals surface area contributed by atoms with Gasteiger partial charge >= 0.3 is 0 Å². The molecule has 0 N–H and O–H groups in total. The molecule has 256 valence electrons. The van der Waals surface area contributed by atoms with Crippen LogP contribution in [0.4, 0.5) is 0 Å². The number of para-hydroxylation sites is 1. The van der Waals surface area contributed by atoms with Gasteiger partial charge in [0.25, 0.3) is 0 Å². The number of allylic oxidation sites excluding steroid dienone is 2. The quantitative estimate of drug-likeness (QED) is 0.124. The summed E-state index contributed by atoms with van der Waals surface area (Å²) in [5.41, 5.74) is 12.6. The zero-order valence-electron chi connectivity index (χ0n) is 30.2. The van der Waals surface area contributed by atoms with Gasteiger partial charge in [0.15, 0.2) is 0 Å². The molecule has 0 atom stereocenters. The maximum atomic E-state index is 7.03. The zero-order chi connectivity index (χ0) is 36.3. The van der Waals surface area contributed by atoms with Crippen LogP contribution in [0.3, 0.4) is 0 Å². The molecule has 2 heteroatoms. The molecule has 0 aliphatic rings. The van der Waals surface area contributed by atoms with Gasteiger partial charge < -0.3 is 4.42 Å². The van der Waals surface area contributed by atoms with Crippen LogP contribution >= 0.6 is 11.3 Å². The van der Waals surface area contributed by atoms with E-state index in [1.54, 1.807) is 0 Å². The van der Waals surface area contributed by atoms with Gasteiger partial charge in [0.1, 0.15) is 11.2 Å². The minimum absolute atomic E-state index is 0.884. The summed E-state index contributed by atoms with van der Waals surface area (Å²) in [5, 5.41) is 9.64. The van der Waals surface area contributed by atoms with E-state index in [1.165, 1.54) is 81.0 Å². The number of rotatable bonds is 6. The summed E-state index contributed by atoms with van der Waals surface area (Å²) in [6.45, 7) is 8.43. The van der Waals surface area contributed by atoms with E-state index in [4.69, 9.17) is 4.42 Å². The van der Waals surface area contributed by atoms with Crippen molar-refractivity contribution in [1.29, 1.82) is 0 Å². The maximum Gasteiger partial charge on any atom is 0.143 e. The normalized spacial score (nSPS) is 11.9. The first-order chi connectivity index (χ1) is 26.6. The van der Waals surface area contributed by atoms with E-state index < -0.39 is 0 Å². The largest absolute Gasteiger partial charge is 0.455 e. The molecule has 0 radical (unpaired) electrons. The lowest BCUT2D eigenvalue weighted by molar-refractivity contribution is 0.670. The Labute approximate surface area is 318 Å². The molecule has 0 bridgehead atoms. The Morgan fingerprint density at radius 3 is 1.69 bits per heavy atom. The number of hydrogen-bond acceptors (Lipinski definition) is 2. The zero-order valence-corrected chi connectivity index (χ0v) is 31.0. The molecule has 0 aliphatic heterocycles. The molecular formula is C52H36OS. The molecule has 0 unspecified atom stereocenters. The van der Waals surface area contributed by atoms with Crippen LogP contribution in [0.15, 0.2) is 175 Å². The monoisotopic (exact) mass is 708 g/mol. The van der Waals surface area contributed by atoms with Crippen molar-refractivity contribution in [2.45, 2.75) is 13.8 Å². The fourth-order valence-electron chi connectivity index (χ4n) is 8.65. The van der Waals surface area contributed by atoms with Crippen molar-refractivity contribution in [3.05, 3.63) is 186 Å². The van der Waals surface area contributed by atoms with Crippen molar-refractivity contribution < 1.29 is 4.42 Å². The van der Waals surface area contributed by atoms with Crippen molar-refractivity contribution in [3.63, 3.8) is 0 Å². The summed E-state index contributed by atoms with van der Waals surface area (Å²) >= 11 is 1.84. The van der Waals surface area contributed by atoms with Gasteiger partial charge in [-0.25, -0.2) is 0 Å².